The van der Waals surface area contributed by atoms with Gasteiger partial charge < -0.3 is 5.32 Å². The van der Waals surface area contributed by atoms with Crippen LogP contribution in [0.4, 0.5) is 0 Å². The molecule has 1 amide bonds. The van der Waals surface area contributed by atoms with E-state index in [2.05, 4.69) is 10.4 Å². The number of fused-ring (bicyclic) bond motifs is 1. The summed E-state index contributed by atoms with van der Waals surface area (Å²) in [5.41, 5.74) is 0.667. The average Bonchev–Trinajstić information content (AvgIpc) is 2.45. The van der Waals surface area contributed by atoms with Crippen molar-refractivity contribution in [3.8, 4) is 0 Å². The van der Waals surface area contributed by atoms with Gasteiger partial charge in [-0.2, -0.15) is 5.10 Å². The first-order chi connectivity index (χ1) is 9.22. The number of rotatable bonds is 5. The Labute approximate surface area is 111 Å². The van der Waals surface area contributed by atoms with Crippen molar-refractivity contribution in [1.82, 2.24) is 15.1 Å². The molecule has 1 heterocycles. The van der Waals surface area contributed by atoms with Crippen molar-refractivity contribution in [2.24, 2.45) is 0 Å². The molecule has 0 saturated carbocycles. The first kappa shape index (κ1) is 13.3. The van der Waals surface area contributed by atoms with Crippen LogP contribution in [0.2, 0.25) is 0 Å². The lowest BCUT2D eigenvalue weighted by atomic mass is 10.2. The molecule has 1 N–H and O–H groups in total. The second-order valence-corrected chi connectivity index (χ2v) is 4.35. The van der Waals surface area contributed by atoms with Crippen molar-refractivity contribution in [3.05, 3.63) is 40.7 Å². The highest BCUT2D eigenvalue weighted by Gasteiger charge is 2.05. The summed E-state index contributed by atoms with van der Waals surface area (Å²) in [7, 11) is 0. The molecule has 0 aliphatic carbocycles. The molecule has 0 aliphatic heterocycles. The van der Waals surface area contributed by atoms with Gasteiger partial charge in [-0.3, -0.25) is 14.3 Å². The predicted molar refractivity (Wildman–Crippen MR) is 73.9 cm³/mol. The number of aryl methyl sites for hydroxylation is 1. The molecular weight excluding hydrogens is 242 g/mol. The first-order valence-corrected chi connectivity index (χ1v) is 6.44. The maximum Gasteiger partial charge on any atom is 0.221 e. The van der Waals surface area contributed by atoms with E-state index < -0.39 is 0 Å². The van der Waals surface area contributed by atoms with E-state index in [0.29, 0.717) is 24.9 Å². The second-order valence-electron chi connectivity index (χ2n) is 4.35. The average molecular weight is 259 g/mol. The molecule has 0 fully saturated rings. The standard InChI is InChI=1S/C14H17N3O2/c1-2-8-15-14(19)7-9-17-12-6-4-3-5-11(12)13(18)10-16-17/h3-6,10H,2,7-9H2,1H3,(H,15,19). The topological polar surface area (TPSA) is 64.0 Å². The van der Waals surface area contributed by atoms with Crippen LogP contribution < -0.4 is 10.7 Å². The molecule has 0 spiro atoms. The predicted octanol–water partition coefficient (Wildman–Crippen LogP) is 1.31. The number of para-hydroxylation sites is 1. The smallest absolute Gasteiger partial charge is 0.221 e. The number of aromatic nitrogens is 2. The SMILES string of the molecule is CCCNC(=O)CCn1ncc(=O)c2ccccc21. The molecule has 1 aromatic heterocycles. The summed E-state index contributed by atoms with van der Waals surface area (Å²) in [6.07, 6.45) is 2.58. The van der Waals surface area contributed by atoms with Gasteiger partial charge in [-0.05, 0) is 18.6 Å². The van der Waals surface area contributed by atoms with Crippen LogP contribution in [0, 0.1) is 0 Å². The maximum absolute atomic E-state index is 11.7. The maximum atomic E-state index is 11.7. The fraction of sp³-hybridized carbons (Fsp3) is 0.357. The molecule has 2 rings (SSSR count). The zero-order chi connectivity index (χ0) is 13.7. The molecule has 19 heavy (non-hydrogen) atoms. The Morgan fingerprint density at radius 2 is 2.16 bits per heavy atom. The van der Waals surface area contributed by atoms with Gasteiger partial charge in [0.2, 0.25) is 11.3 Å². The van der Waals surface area contributed by atoms with E-state index in [1.54, 1.807) is 10.7 Å². The van der Waals surface area contributed by atoms with Gasteiger partial charge in [0.25, 0.3) is 0 Å². The van der Waals surface area contributed by atoms with Crippen molar-refractivity contribution >= 4 is 16.8 Å². The quantitative estimate of drug-likeness (QED) is 0.880. The Morgan fingerprint density at radius 1 is 1.37 bits per heavy atom. The fourth-order valence-electron chi connectivity index (χ4n) is 1.90. The lowest BCUT2D eigenvalue weighted by Gasteiger charge is -2.09. The molecule has 0 unspecified atom stereocenters. The third-order valence-electron chi connectivity index (χ3n) is 2.88. The molecule has 0 bridgehead atoms. The Morgan fingerprint density at radius 3 is 2.95 bits per heavy atom. The zero-order valence-corrected chi connectivity index (χ0v) is 10.9. The van der Waals surface area contributed by atoms with Crippen molar-refractivity contribution in [2.75, 3.05) is 6.54 Å². The van der Waals surface area contributed by atoms with Crippen molar-refractivity contribution in [2.45, 2.75) is 26.3 Å². The van der Waals surface area contributed by atoms with Crippen LogP contribution in [0.25, 0.3) is 10.9 Å². The number of hydrogen-bond acceptors (Lipinski definition) is 3. The summed E-state index contributed by atoms with van der Waals surface area (Å²) >= 11 is 0. The van der Waals surface area contributed by atoms with Gasteiger partial charge in [0, 0.05) is 18.4 Å². The van der Waals surface area contributed by atoms with E-state index in [0.717, 1.165) is 11.9 Å². The Balaban J connectivity index is 2.15. The minimum atomic E-state index is -0.0951. The lowest BCUT2D eigenvalue weighted by Crippen LogP contribution is -2.25. The zero-order valence-electron chi connectivity index (χ0n) is 10.9. The van der Waals surface area contributed by atoms with Gasteiger partial charge in [0.15, 0.2) is 0 Å². The molecule has 0 saturated heterocycles. The molecule has 0 aliphatic rings. The second kappa shape index (κ2) is 6.13. The largest absolute Gasteiger partial charge is 0.356 e. The third kappa shape index (κ3) is 3.19. The van der Waals surface area contributed by atoms with Crippen LogP contribution in [-0.2, 0) is 11.3 Å². The fourth-order valence-corrected chi connectivity index (χ4v) is 1.90. The lowest BCUT2D eigenvalue weighted by molar-refractivity contribution is -0.121. The number of amides is 1. The first-order valence-electron chi connectivity index (χ1n) is 6.44. The Hall–Kier alpha value is -2.17. The van der Waals surface area contributed by atoms with Crippen LogP contribution >= 0.6 is 0 Å². The van der Waals surface area contributed by atoms with Crippen LogP contribution in [0.1, 0.15) is 19.8 Å². The summed E-state index contributed by atoms with van der Waals surface area (Å²) in [5.74, 6) is 0.00595. The number of nitrogens with zero attached hydrogens (tertiary/aromatic N) is 2. The summed E-state index contributed by atoms with van der Waals surface area (Å²) in [6.45, 7) is 3.17. The molecule has 0 radical (unpaired) electrons. The highest BCUT2D eigenvalue weighted by Crippen LogP contribution is 2.08. The number of benzene rings is 1. The normalized spacial score (nSPS) is 10.6. The number of hydrogen-bond donors (Lipinski definition) is 1. The van der Waals surface area contributed by atoms with Crippen LogP contribution in [0.15, 0.2) is 35.3 Å². The highest BCUT2D eigenvalue weighted by atomic mass is 16.1. The summed E-state index contributed by atoms with van der Waals surface area (Å²) < 4.78 is 1.70. The molecule has 5 nitrogen and oxygen atoms in total. The summed E-state index contributed by atoms with van der Waals surface area (Å²) in [4.78, 5) is 23.2. The van der Waals surface area contributed by atoms with E-state index in [1.165, 1.54) is 6.20 Å². The van der Waals surface area contributed by atoms with Gasteiger partial charge in [-0.25, -0.2) is 0 Å². The van der Waals surface area contributed by atoms with Crippen molar-refractivity contribution in [1.29, 1.82) is 0 Å². The van der Waals surface area contributed by atoms with Gasteiger partial charge in [-0.1, -0.05) is 19.1 Å². The van der Waals surface area contributed by atoms with Crippen LogP contribution in [0.5, 0.6) is 0 Å². The highest BCUT2D eigenvalue weighted by molar-refractivity contribution is 5.78. The Kier molecular flexibility index (Phi) is 4.28. The van der Waals surface area contributed by atoms with Gasteiger partial charge >= 0.3 is 0 Å². The van der Waals surface area contributed by atoms with Crippen molar-refractivity contribution < 1.29 is 4.79 Å². The number of carbonyl (C=O) groups is 1. The minimum absolute atomic E-state index is 0.00595. The van der Waals surface area contributed by atoms with E-state index in [4.69, 9.17) is 0 Å². The molecule has 1 aromatic carbocycles. The van der Waals surface area contributed by atoms with Crippen LogP contribution in [0.3, 0.4) is 0 Å². The van der Waals surface area contributed by atoms with Gasteiger partial charge in [-0.15, -0.1) is 0 Å². The van der Waals surface area contributed by atoms with E-state index in [9.17, 15) is 9.59 Å². The molecular formula is C14H17N3O2. The van der Waals surface area contributed by atoms with E-state index in [-0.39, 0.29) is 11.3 Å². The molecule has 100 valence electrons. The molecule has 5 heteroatoms. The number of nitrogens with one attached hydrogen (secondary N) is 1. The number of carbonyl (C=O) groups excluding carboxylic acids is 1. The Bertz CT molecular complexity index is 634. The third-order valence-corrected chi connectivity index (χ3v) is 2.88. The molecule has 2 aromatic rings. The monoisotopic (exact) mass is 259 g/mol. The van der Waals surface area contributed by atoms with E-state index in [1.807, 2.05) is 25.1 Å². The van der Waals surface area contributed by atoms with Crippen molar-refractivity contribution in [3.63, 3.8) is 0 Å². The van der Waals surface area contributed by atoms with Gasteiger partial charge in [0.05, 0.1) is 18.3 Å². The van der Waals surface area contributed by atoms with Gasteiger partial charge in [0.1, 0.15) is 0 Å². The minimum Gasteiger partial charge on any atom is -0.356 e. The van der Waals surface area contributed by atoms with E-state index >= 15 is 0 Å². The summed E-state index contributed by atoms with van der Waals surface area (Å²) in [6, 6.07) is 7.29. The summed E-state index contributed by atoms with van der Waals surface area (Å²) in [5, 5.41) is 7.53. The molecule has 0 atom stereocenters. The van der Waals surface area contributed by atoms with Crippen LogP contribution in [-0.4, -0.2) is 22.2 Å².